The van der Waals surface area contributed by atoms with E-state index in [1.807, 2.05) is 20.8 Å². The molecule has 0 aliphatic carbocycles. The zero-order valence-electron chi connectivity index (χ0n) is 15.1. The van der Waals surface area contributed by atoms with Gasteiger partial charge in [0.1, 0.15) is 11.4 Å². The first-order valence-corrected chi connectivity index (χ1v) is 8.70. The molecule has 0 bridgehead atoms. The monoisotopic (exact) mass is 368 g/mol. The predicted molar refractivity (Wildman–Crippen MR) is 97.2 cm³/mol. The van der Waals surface area contributed by atoms with Crippen LogP contribution in [0.15, 0.2) is 18.2 Å². The van der Waals surface area contributed by atoms with Gasteiger partial charge < -0.3 is 19.7 Å². The Kier molecular flexibility index (Phi) is 6.16. The van der Waals surface area contributed by atoms with E-state index in [0.717, 1.165) is 12.8 Å². The number of benzene rings is 1. The minimum atomic E-state index is -0.549. The van der Waals surface area contributed by atoms with Crippen molar-refractivity contribution in [3.05, 3.63) is 23.2 Å². The van der Waals surface area contributed by atoms with Crippen molar-refractivity contribution in [2.45, 2.75) is 39.2 Å². The average Bonchev–Trinajstić information content (AvgIpc) is 2.53. The molecular formula is C18H25ClN2O4. The van der Waals surface area contributed by atoms with Crippen LogP contribution in [0.2, 0.25) is 5.02 Å². The number of amides is 2. The highest BCUT2D eigenvalue weighted by Crippen LogP contribution is 2.28. The van der Waals surface area contributed by atoms with Gasteiger partial charge in [0, 0.05) is 18.8 Å². The summed E-state index contributed by atoms with van der Waals surface area (Å²) in [6, 6.07) is 5.08. The average molecular weight is 369 g/mol. The van der Waals surface area contributed by atoms with Crippen LogP contribution >= 0.6 is 11.6 Å². The van der Waals surface area contributed by atoms with Crippen LogP contribution < -0.4 is 10.1 Å². The Morgan fingerprint density at radius 3 is 2.64 bits per heavy atom. The molecular weight excluding hydrogens is 344 g/mol. The topological polar surface area (TPSA) is 67.9 Å². The first-order chi connectivity index (χ1) is 11.7. The van der Waals surface area contributed by atoms with Gasteiger partial charge in [-0.1, -0.05) is 11.6 Å². The summed E-state index contributed by atoms with van der Waals surface area (Å²) in [5, 5.41) is 3.28. The van der Waals surface area contributed by atoms with E-state index in [0.29, 0.717) is 29.5 Å². The lowest BCUT2D eigenvalue weighted by Gasteiger charge is -2.33. The number of hydrogen-bond acceptors (Lipinski definition) is 4. The molecule has 1 N–H and O–H groups in total. The minimum Gasteiger partial charge on any atom is -0.495 e. The van der Waals surface area contributed by atoms with Crippen molar-refractivity contribution in [2.24, 2.45) is 5.92 Å². The lowest BCUT2D eigenvalue weighted by Crippen LogP contribution is -2.45. The number of nitrogens with one attached hydrogen (secondary N) is 1. The van der Waals surface area contributed by atoms with Crippen LogP contribution in [0.5, 0.6) is 5.75 Å². The van der Waals surface area contributed by atoms with Gasteiger partial charge in [-0.05, 0) is 51.8 Å². The van der Waals surface area contributed by atoms with Crippen molar-refractivity contribution >= 4 is 29.3 Å². The summed E-state index contributed by atoms with van der Waals surface area (Å²) in [6.45, 7) is 6.43. The molecule has 0 unspecified atom stereocenters. The van der Waals surface area contributed by atoms with E-state index >= 15 is 0 Å². The summed E-state index contributed by atoms with van der Waals surface area (Å²) in [5.74, 6) is 0.144. The largest absolute Gasteiger partial charge is 0.495 e. The zero-order chi connectivity index (χ0) is 18.6. The van der Waals surface area contributed by atoms with Crippen LogP contribution in [0, 0.1) is 5.92 Å². The van der Waals surface area contributed by atoms with Crippen molar-refractivity contribution in [1.29, 1.82) is 0 Å². The lowest BCUT2D eigenvalue weighted by atomic mass is 9.97. The highest BCUT2D eigenvalue weighted by molar-refractivity contribution is 6.32. The number of carbonyl (C=O) groups is 2. The standard InChI is InChI=1S/C18H25ClN2O4/c1-18(2,3)25-17(23)21-9-5-6-12(11-21)16(22)20-13-7-8-15(24-4)14(19)10-13/h7-8,10,12H,5-6,9,11H2,1-4H3,(H,20,22)/t12-/m1/s1. The van der Waals surface area contributed by atoms with E-state index in [-0.39, 0.29) is 17.9 Å². The molecule has 0 spiro atoms. The summed E-state index contributed by atoms with van der Waals surface area (Å²) in [5.41, 5.74) is 0.0526. The fourth-order valence-electron chi connectivity index (χ4n) is 2.67. The molecule has 1 aliphatic rings. The molecule has 1 atom stereocenters. The second-order valence-electron chi connectivity index (χ2n) is 7.10. The summed E-state index contributed by atoms with van der Waals surface area (Å²) in [4.78, 5) is 26.3. The molecule has 1 aromatic rings. The molecule has 1 heterocycles. The van der Waals surface area contributed by atoms with Gasteiger partial charge in [-0.3, -0.25) is 4.79 Å². The zero-order valence-corrected chi connectivity index (χ0v) is 15.9. The smallest absolute Gasteiger partial charge is 0.410 e. The number of nitrogens with zero attached hydrogens (tertiary/aromatic N) is 1. The van der Waals surface area contributed by atoms with Crippen LogP contribution in [-0.2, 0) is 9.53 Å². The van der Waals surface area contributed by atoms with E-state index in [1.165, 1.54) is 7.11 Å². The van der Waals surface area contributed by atoms with Gasteiger partial charge in [0.25, 0.3) is 0 Å². The van der Waals surface area contributed by atoms with Crippen molar-refractivity contribution < 1.29 is 19.1 Å². The van der Waals surface area contributed by atoms with Gasteiger partial charge >= 0.3 is 6.09 Å². The number of piperidine rings is 1. The molecule has 2 amide bonds. The molecule has 1 fully saturated rings. The highest BCUT2D eigenvalue weighted by Gasteiger charge is 2.31. The van der Waals surface area contributed by atoms with E-state index < -0.39 is 5.60 Å². The number of ether oxygens (including phenoxy) is 2. The number of hydrogen-bond donors (Lipinski definition) is 1. The summed E-state index contributed by atoms with van der Waals surface area (Å²) >= 11 is 6.08. The van der Waals surface area contributed by atoms with Crippen LogP contribution in [0.1, 0.15) is 33.6 Å². The lowest BCUT2D eigenvalue weighted by molar-refractivity contribution is -0.121. The maximum atomic E-state index is 12.5. The van der Waals surface area contributed by atoms with Gasteiger partial charge in [-0.25, -0.2) is 4.79 Å². The Morgan fingerprint density at radius 1 is 1.32 bits per heavy atom. The third kappa shape index (κ3) is 5.53. The second kappa shape index (κ2) is 7.95. The number of carbonyl (C=O) groups excluding carboxylic acids is 2. The molecule has 0 radical (unpaired) electrons. The van der Waals surface area contributed by atoms with Gasteiger partial charge in [-0.2, -0.15) is 0 Å². The molecule has 0 saturated carbocycles. The molecule has 1 aromatic carbocycles. The Morgan fingerprint density at radius 2 is 2.04 bits per heavy atom. The van der Waals surface area contributed by atoms with Gasteiger partial charge in [0.2, 0.25) is 5.91 Å². The first-order valence-electron chi connectivity index (χ1n) is 8.32. The van der Waals surface area contributed by atoms with Crippen molar-refractivity contribution in [3.63, 3.8) is 0 Å². The first kappa shape index (κ1) is 19.4. The van der Waals surface area contributed by atoms with Crippen LogP contribution in [0.3, 0.4) is 0 Å². The summed E-state index contributed by atoms with van der Waals surface area (Å²) in [7, 11) is 1.53. The summed E-state index contributed by atoms with van der Waals surface area (Å²) < 4.78 is 10.5. The van der Waals surface area contributed by atoms with Gasteiger partial charge in [-0.15, -0.1) is 0 Å². The molecule has 25 heavy (non-hydrogen) atoms. The summed E-state index contributed by atoms with van der Waals surface area (Å²) in [6.07, 6.45) is 1.12. The van der Waals surface area contributed by atoms with E-state index in [2.05, 4.69) is 5.32 Å². The molecule has 138 valence electrons. The molecule has 1 aliphatic heterocycles. The Hall–Kier alpha value is -1.95. The maximum Gasteiger partial charge on any atom is 0.410 e. The highest BCUT2D eigenvalue weighted by atomic mass is 35.5. The number of halogens is 1. The van der Waals surface area contributed by atoms with E-state index in [9.17, 15) is 9.59 Å². The van der Waals surface area contributed by atoms with Crippen LogP contribution in [-0.4, -0.2) is 42.7 Å². The second-order valence-corrected chi connectivity index (χ2v) is 7.51. The Balaban J connectivity index is 1.97. The maximum absolute atomic E-state index is 12.5. The SMILES string of the molecule is COc1ccc(NC(=O)[C@@H]2CCCN(C(=O)OC(C)(C)C)C2)cc1Cl. The number of rotatable bonds is 3. The normalized spacial score (nSPS) is 17.8. The number of likely N-dealkylation sites (tertiary alicyclic amines) is 1. The van der Waals surface area contributed by atoms with Crippen molar-refractivity contribution in [3.8, 4) is 5.75 Å². The third-order valence-electron chi connectivity index (χ3n) is 3.86. The molecule has 1 saturated heterocycles. The fraction of sp³-hybridized carbons (Fsp3) is 0.556. The van der Waals surface area contributed by atoms with Crippen LogP contribution in [0.4, 0.5) is 10.5 Å². The van der Waals surface area contributed by atoms with E-state index in [1.54, 1.807) is 23.1 Å². The third-order valence-corrected chi connectivity index (χ3v) is 4.16. The molecule has 6 nitrogen and oxygen atoms in total. The quantitative estimate of drug-likeness (QED) is 0.877. The predicted octanol–water partition coefficient (Wildman–Crippen LogP) is 3.93. The molecule has 2 rings (SSSR count). The van der Waals surface area contributed by atoms with E-state index in [4.69, 9.17) is 21.1 Å². The molecule has 0 aromatic heterocycles. The van der Waals surface area contributed by atoms with Crippen molar-refractivity contribution in [2.75, 3.05) is 25.5 Å². The van der Waals surface area contributed by atoms with Gasteiger partial charge in [0.05, 0.1) is 18.1 Å². The number of methoxy groups -OCH3 is 1. The number of anilines is 1. The minimum absolute atomic E-state index is 0.130. The van der Waals surface area contributed by atoms with Crippen molar-refractivity contribution in [1.82, 2.24) is 4.90 Å². The van der Waals surface area contributed by atoms with Gasteiger partial charge in [0.15, 0.2) is 0 Å². The Bertz CT molecular complexity index is 642. The Labute approximate surface area is 153 Å². The molecule has 7 heteroatoms. The van der Waals surface area contributed by atoms with Crippen LogP contribution in [0.25, 0.3) is 0 Å². The fourth-order valence-corrected chi connectivity index (χ4v) is 2.93.